The Labute approximate surface area is 214 Å². The van der Waals surface area contributed by atoms with E-state index in [9.17, 15) is 9.90 Å². The molecule has 1 aromatic heterocycles. The van der Waals surface area contributed by atoms with Crippen LogP contribution in [0.4, 0.5) is 34.5 Å². The normalized spacial score (nSPS) is 11.4. The lowest BCUT2D eigenvalue weighted by Gasteiger charge is -2.19. The molecule has 36 heavy (non-hydrogen) atoms. The first-order chi connectivity index (χ1) is 17.4. The highest BCUT2D eigenvalue weighted by molar-refractivity contribution is 7.94. The Balaban J connectivity index is 1.82. The number of nitrogens with two attached hydrogens (primary N) is 1. The molecule has 0 aliphatic heterocycles. The van der Waals surface area contributed by atoms with Gasteiger partial charge in [-0.15, -0.1) is 14.6 Å². The van der Waals surface area contributed by atoms with Gasteiger partial charge in [0.25, 0.3) is 0 Å². The van der Waals surface area contributed by atoms with E-state index in [1.54, 1.807) is 24.3 Å². The summed E-state index contributed by atoms with van der Waals surface area (Å²) in [6, 6.07) is 10.9. The summed E-state index contributed by atoms with van der Waals surface area (Å²) in [6.07, 6.45) is 0. The molecular weight excluding hydrogens is 512 g/mol. The van der Waals surface area contributed by atoms with Gasteiger partial charge < -0.3 is 15.7 Å². The van der Waals surface area contributed by atoms with Crippen LogP contribution in [0.1, 0.15) is 24.2 Å². The van der Waals surface area contributed by atoms with Crippen molar-refractivity contribution >= 4 is 64.1 Å². The fourth-order valence-corrected chi connectivity index (χ4v) is 3.43. The van der Waals surface area contributed by atoms with Crippen molar-refractivity contribution in [3.8, 4) is 0 Å². The maximum Gasteiger partial charge on any atom is 0.338 e. The van der Waals surface area contributed by atoms with Crippen LogP contribution in [-0.4, -0.2) is 39.4 Å². The van der Waals surface area contributed by atoms with E-state index >= 15 is 0 Å². The number of nitrogens with zero attached hydrogens (tertiary/aromatic N) is 7. The van der Waals surface area contributed by atoms with E-state index in [1.807, 2.05) is 18.7 Å². The monoisotopic (exact) mass is 532 g/mol. The molecule has 0 unspecified atom stereocenters. The van der Waals surface area contributed by atoms with Gasteiger partial charge in [-0.05, 0) is 56.3 Å². The number of nitrogen functional groups attached to an aromatic ring is 1. The highest BCUT2D eigenvalue weighted by Crippen LogP contribution is 2.34. The van der Waals surface area contributed by atoms with E-state index in [2.05, 4.69) is 39.8 Å². The summed E-state index contributed by atoms with van der Waals surface area (Å²) in [4.78, 5) is 22.8. The van der Waals surface area contributed by atoms with Crippen molar-refractivity contribution in [3.05, 3.63) is 53.2 Å². The highest BCUT2D eigenvalue weighted by Gasteiger charge is 2.15. The molecule has 4 N–H and O–H groups in total. The number of benzene rings is 2. The number of anilines is 2. The number of rotatable bonds is 11. The van der Waals surface area contributed by atoms with Gasteiger partial charge in [0, 0.05) is 18.0 Å². The number of hydrogen-bond donors (Lipinski definition) is 3. The van der Waals surface area contributed by atoms with Crippen molar-refractivity contribution in [1.29, 1.82) is 0 Å². The number of carbonyl (C=O) groups is 1. The largest absolute Gasteiger partial charge is 0.478 e. The van der Waals surface area contributed by atoms with Gasteiger partial charge in [-0.2, -0.15) is 20.2 Å². The second kappa shape index (κ2) is 12.9. The zero-order valence-electron chi connectivity index (χ0n) is 19.1. The minimum atomic E-state index is -1.24. The first-order valence-corrected chi connectivity index (χ1v) is 11.5. The topological polar surface area (TPSA) is 180 Å². The van der Waals surface area contributed by atoms with Crippen molar-refractivity contribution < 1.29 is 24.5 Å². The molecule has 0 bridgehead atoms. The molecule has 0 aliphatic rings. The fourth-order valence-electron chi connectivity index (χ4n) is 2.86. The van der Waals surface area contributed by atoms with Crippen molar-refractivity contribution in [2.24, 2.45) is 20.5 Å². The quantitative estimate of drug-likeness (QED) is 0.0808. The molecule has 0 radical (unpaired) electrons. The van der Waals surface area contributed by atoms with Crippen molar-refractivity contribution in [2.75, 3.05) is 23.7 Å². The lowest BCUT2D eigenvalue weighted by molar-refractivity contribution is -0.432. The Morgan fingerprint density at radius 1 is 1.06 bits per heavy atom. The molecule has 13 nitrogen and oxygen atoms in total. The predicted octanol–water partition coefficient (Wildman–Crippen LogP) is 6.52. The standard InChI is InChI=1S/C21H21ClN8O5S/c1-3-30(4-2)21-24-18(22)17(19(23)25-21)29-28-16-10-7-13(11-15(16)20(31)32)27-26-12-5-8-14(9-6-12)36-35-34-33/h5-11,33H,3-4H2,1-2H3,(H,31,32)(H2,23,24,25)/b27-26+,29-28+. The van der Waals surface area contributed by atoms with Crippen LogP contribution in [0.5, 0.6) is 0 Å². The van der Waals surface area contributed by atoms with E-state index in [0.29, 0.717) is 29.6 Å². The molecule has 3 rings (SSSR count). The van der Waals surface area contributed by atoms with Crippen LogP contribution in [0.15, 0.2) is 67.8 Å². The van der Waals surface area contributed by atoms with Gasteiger partial charge in [0.15, 0.2) is 16.7 Å². The van der Waals surface area contributed by atoms with Crippen molar-refractivity contribution in [3.63, 3.8) is 0 Å². The van der Waals surface area contributed by atoms with Gasteiger partial charge in [0.05, 0.1) is 29.0 Å². The maximum atomic E-state index is 11.8. The lowest BCUT2D eigenvalue weighted by Crippen LogP contribution is -2.24. The first kappa shape index (κ1) is 26.9. The van der Waals surface area contributed by atoms with Gasteiger partial charge in [-0.25, -0.2) is 10.1 Å². The molecular formula is C21H21ClN8O5S. The predicted molar refractivity (Wildman–Crippen MR) is 134 cm³/mol. The summed E-state index contributed by atoms with van der Waals surface area (Å²) in [5.41, 5.74) is 6.72. The van der Waals surface area contributed by atoms with Gasteiger partial charge in [0.2, 0.25) is 5.95 Å². The van der Waals surface area contributed by atoms with Crippen LogP contribution in [0.2, 0.25) is 5.15 Å². The van der Waals surface area contributed by atoms with Crippen LogP contribution in [-0.2, 0) is 9.37 Å². The molecule has 2 aromatic carbocycles. The van der Waals surface area contributed by atoms with Crippen LogP contribution in [0.3, 0.4) is 0 Å². The zero-order chi connectivity index (χ0) is 26.1. The molecule has 0 atom stereocenters. The average Bonchev–Trinajstić information content (AvgIpc) is 2.87. The Morgan fingerprint density at radius 3 is 2.33 bits per heavy atom. The molecule has 0 amide bonds. The van der Waals surface area contributed by atoms with Crippen LogP contribution in [0.25, 0.3) is 0 Å². The van der Waals surface area contributed by atoms with Gasteiger partial charge in [-0.3, -0.25) is 0 Å². The molecule has 3 aromatic rings. The second-order valence-corrected chi connectivity index (χ2v) is 7.98. The number of azo groups is 2. The van der Waals surface area contributed by atoms with E-state index in [4.69, 9.17) is 22.6 Å². The number of halogens is 1. The second-order valence-electron chi connectivity index (χ2n) is 6.85. The Kier molecular flexibility index (Phi) is 9.61. The summed E-state index contributed by atoms with van der Waals surface area (Å²) in [6.45, 7) is 5.22. The first-order valence-electron chi connectivity index (χ1n) is 10.4. The SMILES string of the molecule is CCN(CC)c1nc(N)c(/N=N/c2ccc(/N=N/c3ccc(SOOO)cc3)cc2C(=O)O)c(Cl)n1. The van der Waals surface area contributed by atoms with E-state index in [1.165, 1.54) is 18.2 Å². The zero-order valence-corrected chi connectivity index (χ0v) is 20.6. The third kappa shape index (κ3) is 6.93. The number of carboxylic acid groups (broad SMARTS) is 1. The van der Waals surface area contributed by atoms with Crippen LogP contribution >= 0.6 is 23.6 Å². The summed E-state index contributed by atoms with van der Waals surface area (Å²) in [5, 5.41) is 37.5. The summed E-state index contributed by atoms with van der Waals surface area (Å²) < 4.78 is 4.34. The number of hydrogen-bond acceptors (Lipinski definition) is 13. The molecule has 0 fully saturated rings. The average molecular weight is 533 g/mol. The minimum Gasteiger partial charge on any atom is -0.478 e. The Bertz CT molecular complexity index is 1250. The fraction of sp³-hybridized carbons (Fsp3) is 0.190. The smallest absolute Gasteiger partial charge is 0.338 e. The third-order valence-electron chi connectivity index (χ3n) is 4.65. The molecule has 15 heteroatoms. The molecule has 0 spiro atoms. The van der Waals surface area contributed by atoms with Crippen molar-refractivity contribution in [1.82, 2.24) is 9.97 Å². The molecule has 1 heterocycles. The van der Waals surface area contributed by atoms with E-state index in [0.717, 1.165) is 12.0 Å². The molecule has 0 saturated carbocycles. The lowest BCUT2D eigenvalue weighted by atomic mass is 10.1. The van der Waals surface area contributed by atoms with E-state index in [-0.39, 0.29) is 33.6 Å². The number of aromatic carboxylic acids is 1. The highest BCUT2D eigenvalue weighted by atomic mass is 35.5. The minimum absolute atomic E-state index is 0.00434. The number of aromatic nitrogens is 2. The molecule has 0 aliphatic carbocycles. The van der Waals surface area contributed by atoms with E-state index < -0.39 is 5.97 Å². The third-order valence-corrected chi connectivity index (χ3v) is 5.51. The maximum absolute atomic E-state index is 11.8. The van der Waals surface area contributed by atoms with Crippen LogP contribution < -0.4 is 10.6 Å². The Morgan fingerprint density at radius 2 is 1.72 bits per heavy atom. The van der Waals surface area contributed by atoms with Crippen LogP contribution in [0, 0.1) is 0 Å². The van der Waals surface area contributed by atoms with Gasteiger partial charge in [-0.1, -0.05) is 16.6 Å². The van der Waals surface area contributed by atoms with Gasteiger partial charge >= 0.3 is 5.97 Å². The van der Waals surface area contributed by atoms with Crippen molar-refractivity contribution in [2.45, 2.75) is 18.7 Å². The molecule has 0 saturated heterocycles. The number of carboxylic acids is 1. The summed E-state index contributed by atoms with van der Waals surface area (Å²) in [7, 11) is 0. The van der Waals surface area contributed by atoms with Gasteiger partial charge in [0.1, 0.15) is 5.69 Å². The summed E-state index contributed by atoms with van der Waals surface area (Å²) in [5.74, 6) is -0.855. The Hall–Kier alpha value is -3.69. The molecule has 188 valence electrons. The summed E-state index contributed by atoms with van der Waals surface area (Å²) >= 11 is 7.04.